The van der Waals surface area contributed by atoms with Crippen LogP contribution in [0.3, 0.4) is 0 Å². The Morgan fingerprint density at radius 3 is 1.88 bits per heavy atom. The predicted molar refractivity (Wildman–Crippen MR) is 29.1 cm³/mol. The highest BCUT2D eigenvalue weighted by atomic mass is 16.4. The SMILES string of the molecule is C#N.C=C(C)C(=O)O. The van der Waals surface area contributed by atoms with Crippen LogP contribution in [0.2, 0.25) is 0 Å². The number of rotatable bonds is 1. The third-order valence-corrected chi connectivity index (χ3v) is 0.365. The quantitative estimate of drug-likeness (QED) is 0.511. The molecule has 0 aromatic heterocycles. The third kappa shape index (κ3) is 8.83. The van der Waals surface area contributed by atoms with E-state index in [9.17, 15) is 4.79 Å². The van der Waals surface area contributed by atoms with Gasteiger partial charge in [-0.25, -0.2) is 10.1 Å². The van der Waals surface area contributed by atoms with Gasteiger partial charge in [0, 0.05) is 12.1 Å². The molecular weight excluding hydrogens is 106 g/mol. The smallest absolute Gasteiger partial charge is 0.330 e. The van der Waals surface area contributed by atoms with Crippen molar-refractivity contribution in [1.29, 1.82) is 5.26 Å². The summed E-state index contributed by atoms with van der Waals surface area (Å²) in [6.07, 6.45) is 0. The van der Waals surface area contributed by atoms with Crippen molar-refractivity contribution in [2.75, 3.05) is 0 Å². The Morgan fingerprint density at radius 1 is 1.75 bits per heavy atom. The summed E-state index contributed by atoms with van der Waals surface area (Å²) in [5.74, 6) is -0.935. The Morgan fingerprint density at radius 2 is 1.88 bits per heavy atom. The molecule has 0 aliphatic rings. The fourth-order valence-electron chi connectivity index (χ4n) is 0. The van der Waals surface area contributed by atoms with E-state index in [4.69, 9.17) is 10.4 Å². The van der Waals surface area contributed by atoms with E-state index in [-0.39, 0.29) is 5.57 Å². The molecule has 0 atom stereocenters. The molecule has 0 unspecified atom stereocenters. The molecule has 0 aromatic carbocycles. The highest BCUT2D eigenvalue weighted by molar-refractivity contribution is 5.84. The van der Waals surface area contributed by atoms with Crippen molar-refractivity contribution in [3.05, 3.63) is 12.2 Å². The number of carboxylic acids is 1. The van der Waals surface area contributed by atoms with Crippen molar-refractivity contribution in [3.63, 3.8) is 0 Å². The average molecular weight is 113 g/mol. The first kappa shape index (κ1) is 9.85. The molecule has 3 heteroatoms. The summed E-state index contributed by atoms with van der Waals surface area (Å²) >= 11 is 0. The molecule has 0 amide bonds. The van der Waals surface area contributed by atoms with Gasteiger partial charge in [0.05, 0.1) is 0 Å². The highest BCUT2D eigenvalue weighted by Gasteiger charge is 1.90. The molecule has 0 spiro atoms. The summed E-state index contributed by atoms with van der Waals surface area (Å²) < 4.78 is 0. The number of hydrogen-bond donors (Lipinski definition) is 1. The molecule has 0 saturated heterocycles. The normalized spacial score (nSPS) is 5.88. The maximum Gasteiger partial charge on any atom is 0.330 e. The first-order valence-corrected chi connectivity index (χ1v) is 1.79. The van der Waals surface area contributed by atoms with Crippen molar-refractivity contribution < 1.29 is 9.90 Å². The summed E-state index contributed by atoms with van der Waals surface area (Å²) in [5.41, 5.74) is 0.176. The Bertz CT molecular complexity index is 103. The number of hydrogen-bond acceptors (Lipinski definition) is 2. The van der Waals surface area contributed by atoms with Crippen LogP contribution in [0.5, 0.6) is 0 Å². The number of carboxylic acid groups (broad SMARTS) is 1. The summed E-state index contributed by atoms with van der Waals surface area (Å²) in [6, 6.07) is 0. The van der Waals surface area contributed by atoms with E-state index in [0.29, 0.717) is 0 Å². The molecule has 0 saturated carbocycles. The van der Waals surface area contributed by atoms with Gasteiger partial charge in [-0.3, -0.25) is 0 Å². The monoisotopic (exact) mass is 113 g/mol. The molecule has 0 fully saturated rings. The summed E-state index contributed by atoms with van der Waals surface area (Å²) in [6.45, 7) is 8.10. The average Bonchev–Trinajstić information content (AvgIpc) is 1.72. The van der Waals surface area contributed by atoms with E-state index in [2.05, 4.69) is 13.2 Å². The minimum atomic E-state index is -0.935. The molecule has 44 valence electrons. The Kier molecular flexibility index (Phi) is 7.02. The number of aliphatic carboxylic acids is 1. The van der Waals surface area contributed by atoms with Gasteiger partial charge in [-0.2, -0.15) is 0 Å². The minimum Gasteiger partial charge on any atom is -0.478 e. The fraction of sp³-hybridized carbons (Fsp3) is 0.200. The van der Waals surface area contributed by atoms with Gasteiger partial charge in [-0.15, -0.1) is 0 Å². The molecular formula is C5H7NO2. The van der Waals surface area contributed by atoms with Crippen molar-refractivity contribution in [2.45, 2.75) is 6.92 Å². The molecule has 3 nitrogen and oxygen atoms in total. The molecule has 0 aliphatic heterocycles. The van der Waals surface area contributed by atoms with Gasteiger partial charge in [0.15, 0.2) is 0 Å². The lowest BCUT2D eigenvalue weighted by Crippen LogP contribution is -1.92. The highest BCUT2D eigenvalue weighted by Crippen LogP contribution is 1.81. The van der Waals surface area contributed by atoms with Gasteiger partial charge in [-0.05, 0) is 6.92 Å². The van der Waals surface area contributed by atoms with Crippen LogP contribution in [0.4, 0.5) is 0 Å². The summed E-state index contributed by atoms with van der Waals surface area (Å²) in [7, 11) is 0. The molecule has 0 rings (SSSR count). The van der Waals surface area contributed by atoms with Gasteiger partial charge < -0.3 is 5.11 Å². The Labute approximate surface area is 47.9 Å². The topological polar surface area (TPSA) is 61.1 Å². The second-order valence-electron chi connectivity index (χ2n) is 1.09. The standard InChI is InChI=1S/C4H6O2.CHN/c1-3(2)4(5)6;1-2/h1H2,2H3,(H,5,6);1H. The zero-order valence-corrected chi connectivity index (χ0v) is 4.59. The summed E-state index contributed by atoms with van der Waals surface area (Å²) in [5, 5.41) is 14.4. The molecule has 0 radical (unpaired) electrons. The van der Waals surface area contributed by atoms with Gasteiger partial charge in [0.2, 0.25) is 0 Å². The zero-order valence-electron chi connectivity index (χ0n) is 4.59. The lowest BCUT2D eigenvalue weighted by atomic mass is 10.4. The van der Waals surface area contributed by atoms with Gasteiger partial charge in [0.1, 0.15) is 0 Å². The second-order valence-corrected chi connectivity index (χ2v) is 1.09. The van der Waals surface area contributed by atoms with Crippen LogP contribution in [0.15, 0.2) is 12.2 Å². The Hall–Kier alpha value is -1.30. The van der Waals surface area contributed by atoms with Crippen LogP contribution in [0.1, 0.15) is 6.92 Å². The lowest BCUT2D eigenvalue weighted by molar-refractivity contribution is -0.132. The molecule has 8 heavy (non-hydrogen) atoms. The molecule has 1 N–H and O–H groups in total. The lowest BCUT2D eigenvalue weighted by Gasteiger charge is -1.79. The molecule has 0 aromatic rings. The van der Waals surface area contributed by atoms with E-state index in [1.165, 1.54) is 6.92 Å². The third-order valence-electron chi connectivity index (χ3n) is 0.365. The van der Waals surface area contributed by atoms with Crippen LogP contribution in [0, 0.1) is 11.8 Å². The van der Waals surface area contributed by atoms with Crippen molar-refractivity contribution >= 4 is 5.97 Å². The first-order chi connectivity index (χ1) is 3.64. The van der Waals surface area contributed by atoms with E-state index in [1.807, 2.05) is 0 Å². The zero-order chi connectivity index (χ0) is 7.15. The van der Waals surface area contributed by atoms with Crippen LogP contribution in [0.25, 0.3) is 0 Å². The maximum absolute atomic E-state index is 9.60. The summed E-state index contributed by atoms with van der Waals surface area (Å²) in [4.78, 5) is 9.60. The molecule has 0 aliphatic carbocycles. The van der Waals surface area contributed by atoms with Crippen molar-refractivity contribution in [3.8, 4) is 6.57 Å². The fourth-order valence-corrected chi connectivity index (χ4v) is 0. The van der Waals surface area contributed by atoms with Crippen LogP contribution in [-0.4, -0.2) is 11.1 Å². The van der Waals surface area contributed by atoms with Crippen molar-refractivity contribution in [1.82, 2.24) is 0 Å². The van der Waals surface area contributed by atoms with Crippen molar-refractivity contribution in [2.24, 2.45) is 0 Å². The van der Waals surface area contributed by atoms with Gasteiger partial charge in [-0.1, -0.05) is 6.58 Å². The minimum absolute atomic E-state index is 0.176. The van der Waals surface area contributed by atoms with Crippen LogP contribution < -0.4 is 0 Å². The number of nitrogens with zero attached hydrogens (tertiary/aromatic N) is 1. The number of carbonyl (C=O) groups is 1. The molecule has 0 heterocycles. The largest absolute Gasteiger partial charge is 0.478 e. The number of nitriles is 1. The van der Waals surface area contributed by atoms with Crippen LogP contribution in [-0.2, 0) is 4.79 Å². The second kappa shape index (κ2) is 5.70. The predicted octanol–water partition coefficient (Wildman–Crippen LogP) is 0.787. The van der Waals surface area contributed by atoms with Gasteiger partial charge in [0.25, 0.3) is 0 Å². The van der Waals surface area contributed by atoms with E-state index >= 15 is 0 Å². The first-order valence-electron chi connectivity index (χ1n) is 1.79. The van der Waals surface area contributed by atoms with E-state index < -0.39 is 5.97 Å². The van der Waals surface area contributed by atoms with E-state index in [0.717, 1.165) is 0 Å². The Balaban J connectivity index is 0. The van der Waals surface area contributed by atoms with Crippen LogP contribution >= 0.6 is 0 Å². The maximum atomic E-state index is 9.60. The van der Waals surface area contributed by atoms with E-state index in [1.54, 1.807) is 0 Å². The molecule has 0 bridgehead atoms. The van der Waals surface area contributed by atoms with Gasteiger partial charge >= 0.3 is 5.97 Å².